The van der Waals surface area contributed by atoms with Gasteiger partial charge in [0.05, 0.1) is 28.4 Å². The van der Waals surface area contributed by atoms with Crippen LogP contribution in [0.1, 0.15) is 27.7 Å². The zero-order chi connectivity index (χ0) is 22.2. The molecule has 5 rings (SSSR count). The lowest BCUT2D eigenvalue weighted by molar-refractivity contribution is 0.0636. The molecule has 1 unspecified atom stereocenters. The van der Waals surface area contributed by atoms with Crippen LogP contribution in [0.2, 0.25) is 5.02 Å². The maximum atomic E-state index is 13.9. The van der Waals surface area contributed by atoms with Crippen LogP contribution in [0.25, 0.3) is 22.3 Å². The number of aromatic amines is 1. The van der Waals surface area contributed by atoms with E-state index in [-0.39, 0.29) is 17.7 Å². The van der Waals surface area contributed by atoms with Gasteiger partial charge in [0.2, 0.25) is 0 Å². The second kappa shape index (κ2) is 8.26. The van der Waals surface area contributed by atoms with Gasteiger partial charge in [0.1, 0.15) is 5.75 Å². The number of aryl methyl sites for hydroxylation is 1. The van der Waals surface area contributed by atoms with E-state index in [0.29, 0.717) is 46.9 Å². The van der Waals surface area contributed by atoms with Gasteiger partial charge in [-0.2, -0.15) is 5.10 Å². The Hall–Kier alpha value is -3.42. The number of amides is 1. The molecule has 7 nitrogen and oxygen atoms in total. The highest BCUT2D eigenvalue weighted by Crippen LogP contribution is 2.33. The second-order valence-electron chi connectivity index (χ2n) is 7.87. The number of phenolic OH excluding ortho intramolecular Hbond substituents is 1. The molecule has 1 aliphatic rings. The lowest BCUT2D eigenvalue weighted by Gasteiger charge is -2.37. The average Bonchev–Trinajstić information content (AvgIpc) is 3.19. The van der Waals surface area contributed by atoms with Gasteiger partial charge >= 0.3 is 0 Å². The van der Waals surface area contributed by atoms with E-state index in [1.807, 2.05) is 42.2 Å². The Morgan fingerprint density at radius 1 is 1.19 bits per heavy atom. The quantitative estimate of drug-likeness (QED) is 0.440. The van der Waals surface area contributed by atoms with Crippen LogP contribution in [0.3, 0.4) is 0 Å². The molecule has 32 heavy (non-hydrogen) atoms. The summed E-state index contributed by atoms with van der Waals surface area (Å²) in [7, 11) is 0. The number of hydrogen-bond acceptors (Lipinski definition) is 5. The van der Waals surface area contributed by atoms with Crippen LogP contribution >= 0.6 is 11.6 Å². The summed E-state index contributed by atoms with van der Waals surface area (Å²) in [5.74, 6) is 0.0836. The van der Waals surface area contributed by atoms with E-state index in [1.165, 1.54) is 0 Å². The number of nitrogens with one attached hydrogen (secondary N) is 2. The highest BCUT2D eigenvalue weighted by molar-refractivity contribution is 6.31. The summed E-state index contributed by atoms with van der Waals surface area (Å²) in [6.45, 7) is 3.75. The summed E-state index contributed by atoms with van der Waals surface area (Å²) in [6.07, 6.45) is 0. The molecule has 0 saturated carbocycles. The minimum absolute atomic E-state index is 0.0895. The Morgan fingerprint density at radius 2 is 1.97 bits per heavy atom. The molecular formula is C24H22ClN5O2. The first-order valence-electron chi connectivity index (χ1n) is 10.4. The second-order valence-corrected chi connectivity index (χ2v) is 8.28. The largest absolute Gasteiger partial charge is 0.508 e. The summed E-state index contributed by atoms with van der Waals surface area (Å²) < 4.78 is 0. The molecule has 4 aromatic rings. The predicted octanol–water partition coefficient (Wildman–Crippen LogP) is 4.08. The average molecular weight is 448 g/mol. The number of pyridine rings is 1. The van der Waals surface area contributed by atoms with Gasteiger partial charge in [-0.15, -0.1) is 0 Å². The normalized spacial score (nSPS) is 16.4. The fourth-order valence-electron chi connectivity index (χ4n) is 4.26. The third-order valence-corrected chi connectivity index (χ3v) is 6.22. The monoisotopic (exact) mass is 447 g/mol. The Bertz CT molecular complexity index is 1300. The van der Waals surface area contributed by atoms with Crippen molar-refractivity contribution in [3.05, 3.63) is 76.4 Å². The van der Waals surface area contributed by atoms with Crippen LogP contribution in [0.4, 0.5) is 0 Å². The summed E-state index contributed by atoms with van der Waals surface area (Å²) in [5, 5.41) is 21.6. The number of carbonyl (C=O) groups is 1. The minimum atomic E-state index is -0.183. The summed E-state index contributed by atoms with van der Waals surface area (Å²) >= 11 is 6.48. The molecule has 2 aromatic carbocycles. The summed E-state index contributed by atoms with van der Waals surface area (Å²) in [6, 6.07) is 16.0. The van der Waals surface area contributed by atoms with Gasteiger partial charge in [0.25, 0.3) is 5.91 Å². The molecule has 3 N–H and O–H groups in total. The van der Waals surface area contributed by atoms with E-state index in [1.54, 1.807) is 24.3 Å². The molecule has 1 amide bonds. The Balaban J connectivity index is 1.62. The Labute approximate surface area is 190 Å². The van der Waals surface area contributed by atoms with Gasteiger partial charge in [-0.05, 0) is 48.9 Å². The highest BCUT2D eigenvalue weighted by Gasteiger charge is 2.31. The third kappa shape index (κ3) is 3.59. The fraction of sp³-hybridized carbons (Fsp3) is 0.208. The van der Waals surface area contributed by atoms with E-state index in [4.69, 9.17) is 11.6 Å². The van der Waals surface area contributed by atoms with Crippen molar-refractivity contribution in [3.8, 4) is 17.0 Å². The molecule has 0 bridgehead atoms. The molecule has 1 atom stereocenters. The lowest BCUT2D eigenvalue weighted by atomic mass is 10.00. The molecule has 3 heterocycles. The van der Waals surface area contributed by atoms with Crippen LogP contribution in [0.15, 0.2) is 54.6 Å². The van der Waals surface area contributed by atoms with Crippen LogP contribution in [0.5, 0.6) is 5.75 Å². The lowest BCUT2D eigenvalue weighted by Crippen LogP contribution is -2.48. The van der Waals surface area contributed by atoms with Crippen molar-refractivity contribution in [2.45, 2.75) is 13.0 Å². The zero-order valence-corrected chi connectivity index (χ0v) is 18.2. The maximum Gasteiger partial charge on any atom is 0.255 e. The number of aromatic hydroxyl groups is 1. The van der Waals surface area contributed by atoms with Gasteiger partial charge in [-0.3, -0.25) is 9.89 Å². The first kappa shape index (κ1) is 20.5. The number of piperazine rings is 1. The summed E-state index contributed by atoms with van der Waals surface area (Å²) in [4.78, 5) is 20.5. The minimum Gasteiger partial charge on any atom is -0.508 e. The van der Waals surface area contributed by atoms with Crippen molar-refractivity contribution in [3.63, 3.8) is 0 Å². The molecule has 8 heteroatoms. The summed E-state index contributed by atoms with van der Waals surface area (Å²) in [5.41, 5.74) is 4.17. The standard InChI is InChI=1S/C24H22ClN5O2/c1-14-22-18(12-20(27-23(22)29-28-14)15-6-8-16(31)9-7-15)24(32)30-11-10-26-13-21(30)17-4-2-3-5-19(17)25/h2-9,12,21,26,31H,10-11,13H2,1H3,(H,27,28,29). The first-order chi connectivity index (χ1) is 15.5. The van der Waals surface area contributed by atoms with Crippen molar-refractivity contribution in [1.29, 1.82) is 0 Å². The number of aromatic nitrogens is 3. The number of halogens is 1. The number of rotatable bonds is 3. The molecule has 2 aromatic heterocycles. The number of hydrogen-bond donors (Lipinski definition) is 3. The van der Waals surface area contributed by atoms with E-state index in [2.05, 4.69) is 20.5 Å². The number of nitrogens with zero attached hydrogens (tertiary/aromatic N) is 3. The number of carbonyl (C=O) groups excluding carboxylic acids is 1. The van der Waals surface area contributed by atoms with Gasteiger partial charge in [-0.1, -0.05) is 29.8 Å². The molecule has 1 aliphatic heterocycles. The molecule has 0 aliphatic carbocycles. The molecule has 0 radical (unpaired) electrons. The number of benzene rings is 2. The fourth-order valence-corrected chi connectivity index (χ4v) is 4.52. The smallest absolute Gasteiger partial charge is 0.255 e. The van der Waals surface area contributed by atoms with Crippen molar-refractivity contribution in [1.82, 2.24) is 25.4 Å². The zero-order valence-electron chi connectivity index (χ0n) is 17.5. The number of phenols is 1. The van der Waals surface area contributed by atoms with Gasteiger partial charge in [0, 0.05) is 30.2 Å². The van der Waals surface area contributed by atoms with Gasteiger partial charge in [0.15, 0.2) is 5.65 Å². The van der Waals surface area contributed by atoms with E-state index in [9.17, 15) is 9.90 Å². The highest BCUT2D eigenvalue weighted by atomic mass is 35.5. The molecular weight excluding hydrogens is 426 g/mol. The molecule has 162 valence electrons. The van der Waals surface area contributed by atoms with Crippen LogP contribution < -0.4 is 5.32 Å². The third-order valence-electron chi connectivity index (χ3n) is 5.87. The molecule has 1 fully saturated rings. The van der Waals surface area contributed by atoms with Crippen LogP contribution in [-0.4, -0.2) is 50.7 Å². The molecule has 0 spiro atoms. The SMILES string of the molecule is Cc1n[nH]c2nc(-c3ccc(O)cc3)cc(C(=O)N3CCNCC3c3ccccc3Cl)c12. The van der Waals surface area contributed by atoms with E-state index in [0.717, 1.165) is 16.8 Å². The number of fused-ring (bicyclic) bond motifs is 1. The Kier molecular flexibility index (Phi) is 5.28. The Morgan fingerprint density at radius 3 is 2.75 bits per heavy atom. The van der Waals surface area contributed by atoms with Crippen molar-refractivity contribution >= 4 is 28.5 Å². The van der Waals surface area contributed by atoms with Crippen molar-refractivity contribution in [2.75, 3.05) is 19.6 Å². The van der Waals surface area contributed by atoms with Gasteiger partial charge < -0.3 is 15.3 Å². The van der Waals surface area contributed by atoms with Crippen LogP contribution in [-0.2, 0) is 0 Å². The van der Waals surface area contributed by atoms with E-state index >= 15 is 0 Å². The maximum absolute atomic E-state index is 13.9. The molecule has 1 saturated heterocycles. The van der Waals surface area contributed by atoms with E-state index < -0.39 is 0 Å². The number of H-pyrrole nitrogens is 1. The van der Waals surface area contributed by atoms with Gasteiger partial charge in [-0.25, -0.2) is 4.98 Å². The van der Waals surface area contributed by atoms with Crippen molar-refractivity contribution in [2.24, 2.45) is 0 Å². The first-order valence-corrected chi connectivity index (χ1v) is 10.8. The van der Waals surface area contributed by atoms with Crippen molar-refractivity contribution < 1.29 is 9.90 Å². The topological polar surface area (TPSA) is 94.1 Å². The van der Waals surface area contributed by atoms with Crippen LogP contribution in [0, 0.1) is 6.92 Å². The predicted molar refractivity (Wildman–Crippen MR) is 124 cm³/mol.